The van der Waals surface area contributed by atoms with Crippen molar-refractivity contribution in [2.45, 2.75) is 13.8 Å². The first-order chi connectivity index (χ1) is 13.0. The third kappa shape index (κ3) is 6.81. The van der Waals surface area contributed by atoms with Crippen LogP contribution in [-0.2, 0) is 4.79 Å². The maximum absolute atomic E-state index is 11.9. The normalized spacial score (nSPS) is 10.2. The van der Waals surface area contributed by atoms with Crippen molar-refractivity contribution in [3.63, 3.8) is 0 Å². The smallest absolute Gasteiger partial charge is 0.319 e. The molecule has 0 saturated heterocycles. The molecule has 142 valence electrons. The first-order valence-electron chi connectivity index (χ1n) is 8.74. The summed E-state index contributed by atoms with van der Waals surface area (Å²) < 4.78 is 0. The van der Waals surface area contributed by atoms with Gasteiger partial charge in [-0.3, -0.25) is 9.59 Å². The molecule has 0 heterocycles. The molecule has 0 radical (unpaired) electrons. The number of carbonyl (C=O) groups excluding carboxylic acids is 3. The Bertz CT molecular complexity index is 774. The van der Waals surface area contributed by atoms with Gasteiger partial charge in [0.05, 0.1) is 0 Å². The number of amides is 4. The minimum atomic E-state index is -0.372. The number of anilines is 2. The van der Waals surface area contributed by atoms with E-state index in [9.17, 15) is 14.4 Å². The lowest BCUT2D eigenvalue weighted by molar-refractivity contribution is -0.118. The van der Waals surface area contributed by atoms with Crippen LogP contribution in [0.2, 0.25) is 0 Å². The summed E-state index contributed by atoms with van der Waals surface area (Å²) in [5.41, 5.74) is 1.85. The molecule has 0 saturated carbocycles. The number of rotatable bonds is 7. The summed E-state index contributed by atoms with van der Waals surface area (Å²) in [5.74, 6) is -0.348. The highest BCUT2D eigenvalue weighted by Gasteiger charge is 2.07. The molecule has 0 spiro atoms. The highest BCUT2D eigenvalue weighted by atomic mass is 16.2. The minimum absolute atomic E-state index is 0.0639. The quantitative estimate of drug-likeness (QED) is 0.566. The highest BCUT2D eigenvalue weighted by Crippen LogP contribution is 2.14. The van der Waals surface area contributed by atoms with E-state index in [4.69, 9.17) is 0 Å². The molecule has 4 N–H and O–H groups in total. The van der Waals surface area contributed by atoms with Crippen LogP contribution in [0.4, 0.5) is 16.2 Å². The molecule has 2 rings (SSSR count). The number of hydrogen-bond donors (Lipinski definition) is 4. The van der Waals surface area contributed by atoms with Crippen LogP contribution in [0.25, 0.3) is 0 Å². The molecular weight excluding hydrogens is 344 g/mol. The Morgan fingerprint density at radius 2 is 1.33 bits per heavy atom. The number of urea groups is 1. The second-order valence-corrected chi connectivity index (χ2v) is 6.22. The first kappa shape index (κ1) is 20.0. The molecule has 27 heavy (non-hydrogen) atoms. The van der Waals surface area contributed by atoms with Crippen LogP contribution >= 0.6 is 0 Å². The number of nitrogens with one attached hydrogen (secondary N) is 4. The molecule has 0 unspecified atom stereocenters. The van der Waals surface area contributed by atoms with E-state index in [0.717, 1.165) is 0 Å². The van der Waals surface area contributed by atoms with Crippen molar-refractivity contribution in [3.8, 4) is 0 Å². The lowest BCUT2D eigenvalue weighted by atomic mass is 10.2. The standard InChI is InChI=1S/C20H24N4O3/c1-14(2)18(25)23-16-8-10-17(11-9-16)24-20(27)22-13-12-21-19(26)15-6-4-3-5-7-15/h3-11,14H,12-13H2,1-2H3,(H,21,26)(H,23,25)(H2,22,24,27). The van der Waals surface area contributed by atoms with E-state index in [1.165, 1.54) is 0 Å². The summed E-state index contributed by atoms with van der Waals surface area (Å²) in [5, 5.41) is 10.9. The molecule has 0 atom stereocenters. The Morgan fingerprint density at radius 3 is 1.93 bits per heavy atom. The number of hydrogen-bond acceptors (Lipinski definition) is 3. The Kier molecular flexibility index (Phi) is 7.37. The van der Waals surface area contributed by atoms with Crippen molar-refractivity contribution in [2.75, 3.05) is 23.7 Å². The van der Waals surface area contributed by atoms with E-state index in [-0.39, 0.29) is 23.8 Å². The van der Waals surface area contributed by atoms with Crippen molar-refractivity contribution >= 4 is 29.2 Å². The van der Waals surface area contributed by atoms with Gasteiger partial charge in [0.25, 0.3) is 5.91 Å². The van der Waals surface area contributed by atoms with Gasteiger partial charge in [0.1, 0.15) is 0 Å². The fourth-order valence-electron chi connectivity index (χ4n) is 2.14. The summed E-state index contributed by atoms with van der Waals surface area (Å²) in [6.45, 7) is 4.25. The van der Waals surface area contributed by atoms with Crippen LogP contribution in [-0.4, -0.2) is 30.9 Å². The largest absolute Gasteiger partial charge is 0.350 e. The van der Waals surface area contributed by atoms with Gasteiger partial charge in [-0.15, -0.1) is 0 Å². The summed E-state index contributed by atoms with van der Waals surface area (Å²) >= 11 is 0. The molecular formula is C20H24N4O3. The zero-order chi connectivity index (χ0) is 19.6. The average molecular weight is 368 g/mol. The van der Waals surface area contributed by atoms with Gasteiger partial charge < -0.3 is 21.3 Å². The summed E-state index contributed by atoms with van der Waals surface area (Å²) in [6, 6.07) is 15.3. The molecule has 7 heteroatoms. The van der Waals surface area contributed by atoms with Crippen LogP contribution in [0.1, 0.15) is 24.2 Å². The molecule has 2 aromatic rings. The van der Waals surface area contributed by atoms with E-state index in [2.05, 4.69) is 21.3 Å². The van der Waals surface area contributed by atoms with Gasteiger partial charge in [0.15, 0.2) is 0 Å². The SMILES string of the molecule is CC(C)C(=O)Nc1ccc(NC(=O)NCCNC(=O)c2ccccc2)cc1. The molecule has 0 aliphatic rings. The zero-order valence-corrected chi connectivity index (χ0v) is 15.4. The van der Waals surface area contributed by atoms with Gasteiger partial charge in [-0.1, -0.05) is 32.0 Å². The second kappa shape index (κ2) is 9.96. The third-order valence-corrected chi connectivity index (χ3v) is 3.67. The monoisotopic (exact) mass is 368 g/mol. The lowest BCUT2D eigenvalue weighted by Gasteiger charge is -2.10. The van der Waals surface area contributed by atoms with Crippen LogP contribution in [0.5, 0.6) is 0 Å². The van der Waals surface area contributed by atoms with Crippen molar-refractivity contribution in [2.24, 2.45) is 5.92 Å². The van der Waals surface area contributed by atoms with Crippen LogP contribution in [0.3, 0.4) is 0 Å². The molecule has 4 amide bonds. The van der Waals surface area contributed by atoms with Crippen molar-refractivity contribution in [3.05, 3.63) is 60.2 Å². The van der Waals surface area contributed by atoms with E-state index < -0.39 is 0 Å². The second-order valence-electron chi connectivity index (χ2n) is 6.22. The Balaban J connectivity index is 1.69. The predicted molar refractivity (Wildman–Crippen MR) is 106 cm³/mol. The minimum Gasteiger partial charge on any atom is -0.350 e. The molecule has 0 bridgehead atoms. The van der Waals surface area contributed by atoms with Crippen molar-refractivity contribution < 1.29 is 14.4 Å². The molecule has 0 aliphatic heterocycles. The Morgan fingerprint density at radius 1 is 0.778 bits per heavy atom. The van der Waals surface area contributed by atoms with Crippen LogP contribution < -0.4 is 21.3 Å². The van der Waals surface area contributed by atoms with Gasteiger partial charge in [-0.2, -0.15) is 0 Å². The van der Waals surface area contributed by atoms with Gasteiger partial charge in [-0.25, -0.2) is 4.79 Å². The summed E-state index contributed by atoms with van der Waals surface area (Å²) in [4.78, 5) is 35.4. The van der Waals surface area contributed by atoms with E-state index in [1.807, 2.05) is 19.9 Å². The van der Waals surface area contributed by atoms with E-state index >= 15 is 0 Å². The Labute approximate surface area is 158 Å². The third-order valence-electron chi connectivity index (χ3n) is 3.67. The molecule has 0 aromatic heterocycles. The van der Waals surface area contributed by atoms with Gasteiger partial charge in [0, 0.05) is 35.9 Å². The van der Waals surface area contributed by atoms with Crippen molar-refractivity contribution in [1.29, 1.82) is 0 Å². The molecule has 2 aromatic carbocycles. The highest BCUT2D eigenvalue weighted by molar-refractivity contribution is 5.94. The van der Waals surface area contributed by atoms with Gasteiger partial charge in [0.2, 0.25) is 5.91 Å². The summed E-state index contributed by atoms with van der Waals surface area (Å²) in [7, 11) is 0. The fourth-order valence-corrected chi connectivity index (χ4v) is 2.14. The molecule has 0 aliphatic carbocycles. The topological polar surface area (TPSA) is 99.3 Å². The number of carbonyl (C=O) groups is 3. The number of benzene rings is 2. The van der Waals surface area contributed by atoms with Crippen molar-refractivity contribution in [1.82, 2.24) is 10.6 Å². The maximum atomic E-state index is 11.9. The first-order valence-corrected chi connectivity index (χ1v) is 8.74. The molecule has 0 fully saturated rings. The molecule has 7 nitrogen and oxygen atoms in total. The average Bonchev–Trinajstić information content (AvgIpc) is 2.67. The Hall–Kier alpha value is -3.35. The van der Waals surface area contributed by atoms with Gasteiger partial charge in [-0.05, 0) is 36.4 Å². The lowest BCUT2D eigenvalue weighted by Crippen LogP contribution is -2.36. The zero-order valence-electron chi connectivity index (χ0n) is 15.4. The van der Waals surface area contributed by atoms with Crippen LogP contribution in [0.15, 0.2) is 54.6 Å². The van der Waals surface area contributed by atoms with E-state index in [1.54, 1.807) is 48.5 Å². The van der Waals surface area contributed by atoms with Crippen LogP contribution in [0, 0.1) is 5.92 Å². The maximum Gasteiger partial charge on any atom is 0.319 e. The summed E-state index contributed by atoms with van der Waals surface area (Å²) in [6.07, 6.45) is 0. The predicted octanol–water partition coefficient (Wildman–Crippen LogP) is 2.83. The van der Waals surface area contributed by atoms with E-state index in [0.29, 0.717) is 30.0 Å². The van der Waals surface area contributed by atoms with Gasteiger partial charge >= 0.3 is 6.03 Å². The fraction of sp³-hybridized carbons (Fsp3) is 0.250.